The van der Waals surface area contributed by atoms with Crippen LogP contribution in [0.3, 0.4) is 0 Å². The Morgan fingerprint density at radius 1 is 1.39 bits per heavy atom. The molecule has 0 spiro atoms. The third kappa shape index (κ3) is 1.70. The molecular weight excluding hydrogens is 228 g/mol. The molecule has 0 unspecified atom stereocenters. The SMILES string of the molecule is C[C@@H]1CC[C@@H]([C@@H](C)C(=O)O)[C@@H]2[C@H]1CC[C@@]1(C)O[C@@H]21. The van der Waals surface area contributed by atoms with Crippen LogP contribution in [0.15, 0.2) is 0 Å². The zero-order chi connectivity index (χ0) is 13.1. The summed E-state index contributed by atoms with van der Waals surface area (Å²) < 4.78 is 5.95. The fourth-order valence-corrected chi connectivity index (χ4v) is 4.65. The van der Waals surface area contributed by atoms with Gasteiger partial charge in [0.2, 0.25) is 0 Å². The van der Waals surface area contributed by atoms with E-state index in [2.05, 4.69) is 13.8 Å². The smallest absolute Gasteiger partial charge is 0.306 e. The summed E-state index contributed by atoms with van der Waals surface area (Å²) >= 11 is 0. The molecule has 1 heterocycles. The summed E-state index contributed by atoms with van der Waals surface area (Å²) in [5.74, 6) is 1.36. The summed E-state index contributed by atoms with van der Waals surface area (Å²) in [7, 11) is 0. The second-order valence-corrected chi connectivity index (χ2v) is 6.98. The average Bonchev–Trinajstić information content (AvgIpc) is 3.01. The molecule has 0 amide bonds. The molecule has 0 aromatic heterocycles. The highest BCUT2D eigenvalue weighted by Crippen LogP contribution is 2.60. The summed E-state index contributed by atoms with van der Waals surface area (Å²) in [4.78, 5) is 11.3. The van der Waals surface area contributed by atoms with Crippen molar-refractivity contribution in [2.24, 2.45) is 29.6 Å². The lowest BCUT2D eigenvalue weighted by Crippen LogP contribution is -2.45. The van der Waals surface area contributed by atoms with Gasteiger partial charge in [-0.15, -0.1) is 0 Å². The third-order valence-corrected chi connectivity index (χ3v) is 5.97. The highest BCUT2D eigenvalue weighted by Gasteiger charge is 2.64. The molecule has 3 heteroatoms. The zero-order valence-corrected chi connectivity index (χ0v) is 11.6. The van der Waals surface area contributed by atoms with Crippen LogP contribution in [0.4, 0.5) is 0 Å². The number of rotatable bonds is 2. The van der Waals surface area contributed by atoms with Gasteiger partial charge in [-0.1, -0.05) is 20.3 Å². The van der Waals surface area contributed by atoms with E-state index in [1.807, 2.05) is 6.92 Å². The topological polar surface area (TPSA) is 49.8 Å². The predicted molar refractivity (Wildman–Crippen MR) is 68.2 cm³/mol. The number of carboxylic acids is 1. The Balaban J connectivity index is 1.85. The lowest BCUT2D eigenvalue weighted by molar-refractivity contribution is -0.145. The Hall–Kier alpha value is -0.570. The molecule has 0 radical (unpaired) electrons. The number of epoxide rings is 1. The van der Waals surface area contributed by atoms with E-state index in [1.54, 1.807) is 0 Å². The number of hydrogen-bond donors (Lipinski definition) is 1. The molecule has 18 heavy (non-hydrogen) atoms. The molecule has 3 fully saturated rings. The quantitative estimate of drug-likeness (QED) is 0.769. The largest absolute Gasteiger partial charge is 0.481 e. The Morgan fingerprint density at radius 3 is 2.78 bits per heavy atom. The standard InChI is InChI=1S/C15H24O3/c1-8-4-5-11(9(2)14(16)17)12-10(8)6-7-15(3)13(12)18-15/h8-13H,4-7H2,1-3H3,(H,16,17)/t8-,9-,10+,11+,12+,13+,15-/m1/s1. The first kappa shape index (κ1) is 12.5. The molecule has 7 atom stereocenters. The van der Waals surface area contributed by atoms with Crippen LogP contribution in [0.2, 0.25) is 0 Å². The van der Waals surface area contributed by atoms with Crippen LogP contribution < -0.4 is 0 Å². The molecule has 102 valence electrons. The van der Waals surface area contributed by atoms with Crippen LogP contribution in [0.1, 0.15) is 46.5 Å². The maximum absolute atomic E-state index is 11.3. The molecule has 3 rings (SSSR count). The van der Waals surface area contributed by atoms with Crippen molar-refractivity contribution in [3.63, 3.8) is 0 Å². The van der Waals surface area contributed by atoms with Crippen molar-refractivity contribution in [3.05, 3.63) is 0 Å². The second kappa shape index (κ2) is 3.96. The van der Waals surface area contributed by atoms with Crippen LogP contribution >= 0.6 is 0 Å². The first-order valence-corrected chi connectivity index (χ1v) is 7.34. The minimum absolute atomic E-state index is 0.0781. The first-order valence-electron chi connectivity index (χ1n) is 7.34. The van der Waals surface area contributed by atoms with Crippen LogP contribution in [-0.2, 0) is 9.53 Å². The fraction of sp³-hybridized carbons (Fsp3) is 0.933. The van der Waals surface area contributed by atoms with Crippen LogP contribution in [0, 0.1) is 29.6 Å². The number of aliphatic carboxylic acids is 1. The summed E-state index contributed by atoms with van der Waals surface area (Å²) in [5.41, 5.74) is 0.0781. The molecule has 0 aromatic rings. The molecule has 2 aliphatic carbocycles. The van der Waals surface area contributed by atoms with E-state index in [0.29, 0.717) is 23.9 Å². The maximum atomic E-state index is 11.3. The van der Waals surface area contributed by atoms with E-state index in [-0.39, 0.29) is 11.5 Å². The van der Waals surface area contributed by atoms with E-state index in [1.165, 1.54) is 12.8 Å². The Kier molecular flexibility index (Phi) is 2.74. The molecule has 1 saturated heterocycles. The van der Waals surface area contributed by atoms with Gasteiger partial charge in [-0.25, -0.2) is 0 Å². The zero-order valence-electron chi connectivity index (χ0n) is 11.6. The highest BCUT2D eigenvalue weighted by molar-refractivity contribution is 5.70. The fourth-order valence-electron chi connectivity index (χ4n) is 4.65. The predicted octanol–water partition coefficient (Wildman–Crippen LogP) is 2.94. The van der Waals surface area contributed by atoms with E-state index in [4.69, 9.17) is 4.74 Å². The van der Waals surface area contributed by atoms with Gasteiger partial charge in [-0.05, 0) is 49.9 Å². The molecule has 1 N–H and O–H groups in total. The monoisotopic (exact) mass is 252 g/mol. The Labute approximate surface area is 109 Å². The van der Waals surface area contributed by atoms with Crippen molar-refractivity contribution in [1.29, 1.82) is 0 Å². The second-order valence-electron chi connectivity index (χ2n) is 6.98. The summed E-state index contributed by atoms with van der Waals surface area (Å²) in [6, 6.07) is 0. The number of fused-ring (bicyclic) bond motifs is 3. The van der Waals surface area contributed by atoms with E-state index in [0.717, 1.165) is 18.8 Å². The molecule has 1 aliphatic heterocycles. The van der Waals surface area contributed by atoms with Crippen LogP contribution in [0.25, 0.3) is 0 Å². The van der Waals surface area contributed by atoms with Gasteiger partial charge >= 0.3 is 5.97 Å². The molecular formula is C15H24O3. The van der Waals surface area contributed by atoms with Gasteiger partial charge in [0.25, 0.3) is 0 Å². The van der Waals surface area contributed by atoms with Crippen molar-refractivity contribution < 1.29 is 14.6 Å². The van der Waals surface area contributed by atoms with Crippen LogP contribution in [-0.4, -0.2) is 22.8 Å². The summed E-state index contributed by atoms with van der Waals surface area (Å²) in [6.07, 6.45) is 4.98. The summed E-state index contributed by atoms with van der Waals surface area (Å²) in [6.45, 7) is 6.42. The van der Waals surface area contributed by atoms with Crippen molar-refractivity contribution in [2.75, 3.05) is 0 Å². The number of carbonyl (C=O) groups is 1. The van der Waals surface area contributed by atoms with Crippen molar-refractivity contribution in [3.8, 4) is 0 Å². The normalized spacial score (nSPS) is 52.1. The third-order valence-electron chi connectivity index (χ3n) is 5.97. The van der Waals surface area contributed by atoms with E-state index < -0.39 is 5.97 Å². The first-order chi connectivity index (χ1) is 8.44. The average molecular weight is 252 g/mol. The maximum Gasteiger partial charge on any atom is 0.306 e. The summed E-state index contributed by atoms with van der Waals surface area (Å²) in [5, 5.41) is 9.31. The van der Waals surface area contributed by atoms with Gasteiger partial charge in [0.15, 0.2) is 0 Å². The van der Waals surface area contributed by atoms with Gasteiger partial charge in [0, 0.05) is 0 Å². The molecule has 2 saturated carbocycles. The minimum Gasteiger partial charge on any atom is -0.481 e. The lowest BCUT2D eigenvalue weighted by atomic mass is 9.57. The number of ether oxygens (including phenoxy) is 1. The van der Waals surface area contributed by atoms with Crippen molar-refractivity contribution >= 4 is 5.97 Å². The Morgan fingerprint density at radius 2 is 2.11 bits per heavy atom. The van der Waals surface area contributed by atoms with Gasteiger partial charge in [0.05, 0.1) is 17.6 Å². The minimum atomic E-state index is -0.638. The van der Waals surface area contributed by atoms with Gasteiger partial charge in [-0.3, -0.25) is 4.79 Å². The number of carboxylic acid groups (broad SMARTS) is 1. The van der Waals surface area contributed by atoms with Crippen LogP contribution in [0.5, 0.6) is 0 Å². The highest BCUT2D eigenvalue weighted by atomic mass is 16.6. The molecule has 3 aliphatic rings. The van der Waals surface area contributed by atoms with Gasteiger partial charge in [0.1, 0.15) is 0 Å². The van der Waals surface area contributed by atoms with Crippen molar-refractivity contribution in [1.82, 2.24) is 0 Å². The lowest BCUT2D eigenvalue weighted by Gasteiger charge is -2.45. The molecule has 3 nitrogen and oxygen atoms in total. The van der Waals surface area contributed by atoms with Gasteiger partial charge < -0.3 is 9.84 Å². The molecule has 0 aromatic carbocycles. The number of hydrogen-bond acceptors (Lipinski definition) is 2. The van der Waals surface area contributed by atoms with E-state index in [9.17, 15) is 9.90 Å². The Bertz CT molecular complexity index is 367. The molecule has 0 bridgehead atoms. The van der Waals surface area contributed by atoms with Gasteiger partial charge in [-0.2, -0.15) is 0 Å². The van der Waals surface area contributed by atoms with Crippen molar-refractivity contribution in [2.45, 2.75) is 58.2 Å². The van der Waals surface area contributed by atoms with E-state index >= 15 is 0 Å².